The van der Waals surface area contributed by atoms with Crippen LogP contribution in [0.15, 0.2) is 30.3 Å². The average molecular weight is 503 g/mol. The van der Waals surface area contributed by atoms with Gasteiger partial charge in [0, 0.05) is 29.9 Å². The minimum absolute atomic E-state index is 0.0322. The van der Waals surface area contributed by atoms with E-state index in [-0.39, 0.29) is 24.3 Å². The first-order chi connectivity index (χ1) is 16.0. The number of aliphatic carboxylic acids is 1. The van der Waals surface area contributed by atoms with Crippen LogP contribution in [0.2, 0.25) is 0 Å². The summed E-state index contributed by atoms with van der Waals surface area (Å²) in [4.78, 5) is 36.3. The molecule has 1 saturated carbocycles. The van der Waals surface area contributed by atoms with Crippen molar-refractivity contribution in [3.63, 3.8) is 0 Å². The number of carboxylic acids is 1. The summed E-state index contributed by atoms with van der Waals surface area (Å²) in [5, 5.41) is 19.2. The summed E-state index contributed by atoms with van der Waals surface area (Å²) >= 11 is 1.36. The second-order valence-corrected chi connectivity index (χ2v) is 8.89. The highest BCUT2D eigenvalue weighted by Crippen LogP contribution is 2.40. The molecule has 1 aromatic heterocycles. The van der Waals surface area contributed by atoms with Gasteiger partial charge in [-0.15, -0.1) is 11.3 Å². The number of nitrogens with one attached hydrogen (secondary N) is 2. The molecule has 2 aromatic rings. The molecule has 13 heteroatoms. The van der Waals surface area contributed by atoms with E-state index in [1.54, 1.807) is 28.6 Å². The van der Waals surface area contributed by atoms with Crippen molar-refractivity contribution in [2.24, 2.45) is 0 Å². The van der Waals surface area contributed by atoms with E-state index in [2.05, 4.69) is 5.32 Å². The maximum atomic E-state index is 13.0. The Balaban J connectivity index is 0.000000406. The van der Waals surface area contributed by atoms with Crippen LogP contribution in [-0.2, 0) is 22.6 Å². The Kier molecular flexibility index (Phi) is 7.89. The Bertz CT molecular complexity index is 1060. The van der Waals surface area contributed by atoms with E-state index in [0.29, 0.717) is 30.3 Å². The van der Waals surface area contributed by atoms with E-state index in [0.717, 1.165) is 22.4 Å². The maximum absolute atomic E-state index is 13.0. The molecule has 0 bridgehead atoms. The van der Waals surface area contributed by atoms with Gasteiger partial charge in [-0.3, -0.25) is 14.8 Å². The van der Waals surface area contributed by atoms with Crippen molar-refractivity contribution in [3.05, 3.63) is 57.0 Å². The van der Waals surface area contributed by atoms with Crippen LogP contribution < -0.4 is 10.8 Å². The zero-order chi connectivity index (χ0) is 25.0. The molecule has 4 rings (SSSR count). The van der Waals surface area contributed by atoms with Gasteiger partial charge in [-0.2, -0.15) is 13.2 Å². The number of fused-ring (bicyclic) bond motifs is 1. The molecule has 2 atom stereocenters. The Morgan fingerprint density at radius 2 is 1.82 bits per heavy atom. The number of benzene rings is 1. The number of hydrogen-bond donors (Lipinski definition) is 4. The van der Waals surface area contributed by atoms with Crippen molar-refractivity contribution >= 4 is 29.1 Å². The fourth-order valence-electron chi connectivity index (χ4n) is 3.54. The number of hydrogen-bond acceptors (Lipinski definition) is 6. The molecule has 2 unspecified atom stereocenters. The lowest BCUT2D eigenvalue weighted by Crippen LogP contribution is -2.41. The molecule has 4 N–H and O–H groups in total. The summed E-state index contributed by atoms with van der Waals surface area (Å²) in [6.07, 6.45) is -3.42. The Morgan fingerprint density at radius 3 is 2.41 bits per heavy atom. The molecular formula is C21H21F4N3O5S. The highest BCUT2D eigenvalue weighted by Gasteiger charge is 2.39. The number of halogens is 4. The number of alkyl halides is 3. The molecule has 2 amide bonds. The lowest BCUT2D eigenvalue weighted by molar-refractivity contribution is -0.192. The molecule has 1 aromatic carbocycles. The molecule has 1 fully saturated rings. The van der Waals surface area contributed by atoms with Crippen molar-refractivity contribution in [2.75, 3.05) is 13.1 Å². The molecule has 2 heterocycles. The van der Waals surface area contributed by atoms with E-state index in [4.69, 9.17) is 15.1 Å². The van der Waals surface area contributed by atoms with Gasteiger partial charge in [0.25, 0.3) is 5.91 Å². The molecule has 0 saturated heterocycles. The van der Waals surface area contributed by atoms with Crippen molar-refractivity contribution in [1.82, 2.24) is 15.7 Å². The van der Waals surface area contributed by atoms with Gasteiger partial charge >= 0.3 is 12.1 Å². The SMILES string of the molecule is O=C(NO)c1cc2c(s1)CCN(C(=O)CNC1CC1c1ccc(F)cc1)C2.O=C(O)C(F)(F)F. The first kappa shape index (κ1) is 25.6. The first-order valence-corrected chi connectivity index (χ1v) is 10.9. The topological polar surface area (TPSA) is 119 Å². The lowest BCUT2D eigenvalue weighted by atomic mass is 10.1. The first-order valence-electron chi connectivity index (χ1n) is 10.1. The normalized spacial score (nSPS) is 18.9. The summed E-state index contributed by atoms with van der Waals surface area (Å²) in [5.41, 5.74) is 3.71. The van der Waals surface area contributed by atoms with Crippen LogP contribution in [0, 0.1) is 5.82 Å². The molecule has 1 aliphatic heterocycles. The molecule has 34 heavy (non-hydrogen) atoms. The maximum Gasteiger partial charge on any atom is 0.490 e. The van der Waals surface area contributed by atoms with Crippen LogP contribution in [0.5, 0.6) is 0 Å². The molecular weight excluding hydrogens is 482 g/mol. The molecule has 0 spiro atoms. The van der Waals surface area contributed by atoms with E-state index in [1.807, 2.05) is 0 Å². The van der Waals surface area contributed by atoms with Crippen molar-refractivity contribution in [2.45, 2.75) is 37.5 Å². The van der Waals surface area contributed by atoms with Gasteiger partial charge < -0.3 is 15.3 Å². The zero-order valence-corrected chi connectivity index (χ0v) is 18.4. The van der Waals surface area contributed by atoms with E-state index >= 15 is 0 Å². The fourth-order valence-corrected chi connectivity index (χ4v) is 4.60. The summed E-state index contributed by atoms with van der Waals surface area (Å²) < 4.78 is 44.7. The summed E-state index contributed by atoms with van der Waals surface area (Å²) in [5.74, 6) is -3.15. The van der Waals surface area contributed by atoms with Crippen LogP contribution in [0.3, 0.4) is 0 Å². The third kappa shape index (κ3) is 6.52. The fraction of sp³-hybridized carbons (Fsp3) is 0.381. The highest BCUT2D eigenvalue weighted by atomic mass is 32.1. The smallest absolute Gasteiger partial charge is 0.475 e. The summed E-state index contributed by atoms with van der Waals surface area (Å²) in [6, 6.07) is 8.52. The predicted molar refractivity (Wildman–Crippen MR) is 112 cm³/mol. The quantitative estimate of drug-likeness (QED) is 0.283. The van der Waals surface area contributed by atoms with Crippen molar-refractivity contribution in [1.29, 1.82) is 0 Å². The van der Waals surface area contributed by atoms with Crippen LogP contribution >= 0.6 is 11.3 Å². The van der Waals surface area contributed by atoms with Crippen molar-refractivity contribution in [3.8, 4) is 0 Å². The number of carbonyl (C=O) groups excluding carboxylic acids is 2. The number of carbonyl (C=O) groups is 3. The second-order valence-electron chi connectivity index (χ2n) is 7.75. The second kappa shape index (κ2) is 10.5. The van der Waals surface area contributed by atoms with Crippen LogP contribution in [0.1, 0.15) is 38.0 Å². The van der Waals surface area contributed by atoms with Gasteiger partial charge in [-0.05, 0) is 42.2 Å². The Morgan fingerprint density at radius 1 is 1.18 bits per heavy atom. The number of thiophene rings is 1. The molecule has 2 aliphatic rings. The minimum atomic E-state index is -5.08. The largest absolute Gasteiger partial charge is 0.490 e. The number of amides is 2. The number of nitrogens with zero attached hydrogens (tertiary/aromatic N) is 1. The van der Waals surface area contributed by atoms with Gasteiger partial charge in [0.15, 0.2) is 0 Å². The van der Waals surface area contributed by atoms with E-state index < -0.39 is 18.1 Å². The zero-order valence-electron chi connectivity index (χ0n) is 17.6. The predicted octanol–water partition coefficient (Wildman–Crippen LogP) is 2.67. The van der Waals surface area contributed by atoms with Crippen LogP contribution in [0.4, 0.5) is 17.6 Å². The van der Waals surface area contributed by atoms with Crippen LogP contribution in [0.25, 0.3) is 0 Å². The van der Waals surface area contributed by atoms with Gasteiger partial charge in [0.1, 0.15) is 5.82 Å². The number of rotatable bonds is 5. The molecule has 0 radical (unpaired) electrons. The molecule has 8 nitrogen and oxygen atoms in total. The van der Waals surface area contributed by atoms with Gasteiger partial charge in [-0.25, -0.2) is 14.7 Å². The molecule has 1 aliphatic carbocycles. The Labute approximate surface area is 195 Å². The number of carboxylic acid groups (broad SMARTS) is 1. The summed E-state index contributed by atoms with van der Waals surface area (Å²) in [6.45, 7) is 1.38. The van der Waals surface area contributed by atoms with Crippen molar-refractivity contribution < 1.29 is 42.3 Å². The summed E-state index contributed by atoms with van der Waals surface area (Å²) in [7, 11) is 0. The van der Waals surface area contributed by atoms with E-state index in [9.17, 15) is 27.2 Å². The Hall–Kier alpha value is -3.03. The van der Waals surface area contributed by atoms with Crippen LogP contribution in [-0.4, -0.2) is 58.3 Å². The monoisotopic (exact) mass is 503 g/mol. The minimum Gasteiger partial charge on any atom is -0.475 e. The molecule has 184 valence electrons. The van der Waals surface area contributed by atoms with E-state index in [1.165, 1.54) is 23.5 Å². The third-order valence-corrected chi connectivity index (χ3v) is 6.63. The van der Waals surface area contributed by atoms with Gasteiger partial charge in [0.05, 0.1) is 11.4 Å². The lowest BCUT2D eigenvalue weighted by Gasteiger charge is -2.27. The number of hydroxylamine groups is 1. The standard InChI is InChI=1S/C19H20FN3O3S.C2HF3O2/c20-13-3-1-11(2-4-13)14-8-15(14)21-9-18(24)23-6-5-16-12(10-23)7-17(27-16)19(25)22-26;3-2(4,5)1(6)7/h1-4,7,14-15,21,26H,5-6,8-10H2,(H,22,25);(H,6,7). The average Bonchev–Trinajstić information content (AvgIpc) is 3.44. The van der Waals surface area contributed by atoms with Gasteiger partial charge in [-0.1, -0.05) is 12.1 Å². The van der Waals surface area contributed by atoms with Gasteiger partial charge in [0.2, 0.25) is 5.91 Å². The third-order valence-electron chi connectivity index (χ3n) is 5.39. The highest BCUT2D eigenvalue weighted by molar-refractivity contribution is 7.14.